The van der Waals surface area contributed by atoms with Crippen LogP contribution >= 0.6 is 0 Å². The predicted molar refractivity (Wildman–Crippen MR) is 134 cm³/mol. The Morgan fingerprint density at radius 1 is 0.853 bits per heavy atom. The van der Waals surface area contributed by atoms with Crippen LogP contribution in [-0.4, -0.2) is 27.9 Å². The van der Waals surface area contributed by atoms with Crippen molar-refractivity contribution in [1.29, 1.82) is 0 Å². The van der Waals surface area contributed by atoms with Gasteiger partial charge in [-0.15, -0.1) is 0 Å². The first-order chi connectivity index (χ1) is 16.2. The molecule has 0 unspecified atom stereocenters. The molecule has 2 heterocycles. The largest absolute Gasteiger partial charge is 0.340 e. The van der Waals surface area contributed by atoms with Crippen LogP contribution < -0.4 is 15.4 Å². The number of nitrogens with one attached hydrogen (secondary N) is 3. The molecule has 0 atom stereocenters. The number of imidazole rings is 1. The van der Waals surface area contributed by atoms with E-state index in [-0.39, 0.29) is 11.1 Å². The monoisotopic (exact) mass is 477 g/mol. The van der Waals surface area contributed by atoms with E-state index in [1.54, 1.807) is 28.8 Å². The van der Waals surface area contributed by atoms with Crippen molar-refractivity contribution in [2.45, 2.75) is 38.8 Å². The maximum Gasteiger partial charge on any atom is 0.280 e. The van der Waals surface area contributed by atoms with Crippen LogP contribution in [0.5, 0.6) is 0 Å². The van der Waals surface area contributed by atoms with Crippen LogP contribution in [0.15, 0.2) is 72.1 Å². The average molecular weight is 478 g/mol. The van der Waals surface area contributed by atoms with E-state index in [9.17, 15) is 8.42 Å². The van der Waals surface area contributed by atoms with E-state index in [1.165, 1.54) is 18.1 Å². The van der Waals surface area contributed by atoms with Gasteiger partial charge in [-0.25, -0.2) is 9.97 Å². The first-order valence-electron chi connectivity index (χ1n) is 10.8. The second-order valence-corrected chi connectivity index (χ2v) is 9.90. The summed E-state index contributed by atoms with van der Waals surface area (Å²) in [4.78, 5) is 13.0. The van der Waals surface area contributed by atoms with Gasteiger partial charge < -0.3 is 15.2 Å². The second kappa shape index (κ2) is 9.52. The number of benzene rings is 2. The van der Waals surface area contributed by atoms with E-state index >= 15 is 0 Å². The highest BCUT2D eigenvalue weighted by molar-refractivity contribution is 7.92. The summed E-state index contributed by atoms with van der Waals surface area (Å²) >= 11 is 0. The smallest absolute Gasteiger partial charge is 0.280 e. The zero-order chi connectivity index (χ0) is 24.3. The number of aryl methyl sites for hydroxylation is 2. The molecule has 0 spiro atoms. The van der Waals surface area contributed by atoms with Gasteiger partial charge in [0.1, 0.15) is 5.82 Å². The summed E-state index contributed by atoms with van der Waals surface area (Å²) < 4.78 is 29.6. The molecule has 0 aliphatic carbocycles. The molecule has 4 aromatic rings. The van der Waals surface area contributed by atoms with Gasteiger partial charge in [0, 0.05) is 41.1 Å². The van der Waals surface area contributed by atoms with Crippen LogP contribution in [-0.2, 0) is 10.0 Å². The van der Waals surface area contributed by atoms with Crippen molar-refractivity contribution < 1.29 is 8.42 Å². The molecule has 0 aliphatic heterocycles. The quantitative estimate of drug-likeness (QED) is 0.321. The summed E-state index contributed by atoms with van der Waals surface area (Å²) in [6, 6.07) is 16.9. The van der Waals surface area contributed by atoms with Gasteiger partial charge >= 0.3 is 0 Å². The Labute approximate surface area is 199 Å². The standard InChI is InChI=1S/C24H27N7O2S/c1-16(2)31-14-23(25-15-31)34(32,33)30-21-11-9-20(10-12-21)28-24-26-18(4)13-22(29-24)27-19-7-5-17(3)6-8-19/h5-16,30H,1-4H3,(H2,26,27,28,29). The molecule has 0 fully saturated rings. The molecule has 2 aromatic heterocycles. The lowest BCUT2D eigenvalue weighted by atomic mass is 10.2. The minimum absolute atomic E-state index is 0.0230. The molecular formula is C24H27N7O2S. The number of rotatable bonds is 8. The summed E-state index contributed by atoms with van der Waals surface area (Å²) in [5.74, 6) is 1.10. The minimum atomic E-state index is -3.78. The lowest BCUT2D eigenvalue weighted by molar-refractivity contribution is 0.591. The van der Waals surface area contributed by atoms with E-state index in [1.807, 2.05) is 58.0 Å². The maximum atomic E-state index is 12.6. The van der Waals surface area contributed by atoms with Gasteiger partial charge in [0.25, 0.3) is 10.0 Å². The summed E-state index contributed by atoms with van der Waals surface area (Å²) in [5.41, 5.74) is 4.07. The Balaban J connectivity index is 1.45. The lowest BCUT2D eigenvalue weighted by Crippen LogP contribution is -2.13. The third-order valence-electron chi connectivity index (χ3n) is 5.02. The third kappa shape index (κ3) is 5.70. The van der Waals surface area contributed by atoms with Crippen molar-refractivity contribution in [3.05, 3.63) is 78.4 Å². The van der Waals surface area contributed by atoms with Crippen LogP contribution in [0.2, 0.25) is 0 Å². The first kappa shape index (κ1) is 23.2. The zero-order valence-corrected chi connectivity index (χ0v) is 20.3. The topological polar surface area (TPSA) is 114 Å². The molecule has 2 aromatic carbocycles. The zero-order valence-electron chi connectivity index (χ0n) is 19.4. The normalized spacial score (nSPS) is 11.4. The highest BCUT2D eigenvalue weighted by atomic mass is 32.2. The van der Waals surface area contributed by atoms with E-state index in [0.29, 0.717) is 17.5 Å². The van der Waals surface area contributed by atoms with E-state index < -0.39 is 10.0 Å². The van der Waals surface area contributed by atoms with Crippen molar-refractivity contribution in [1.82, 2.24) is 19.5 Å². The maximum absolute atomic E-state index is 12.6. The van der Waals surface area contributed by atoms with Crippen molar-refractivity contribution >= 4 is 38.9 Å². The number of anilines is 5. The molecular weight excluding hydrogens is 450 g/mol. The Hall–Kier alpha value is -3.92. The number of aromatic nitrogens is 4. The van der Waals surface area contributed by atoms with Crippen molar-refractivity contribution in [3.63, 3.8) is 0 Å². The molecule has 0 aliphatic rings. The second-order valence-electron chi connectivity index (χ2n) is 8.27. The van der Waals surface area contributed by atoms with Gasteiger partial charge in [-0.05, 0) is 64.1 Å². The van der Waals surface area contributed by atoms with Crippen LogP contribution in [0.4, 0.5) is 28.8 Å². The Morgan fingerprint density at radius 3 is 2.12 bits per heavy atom. The number of hydrogen-bond acceptors (Lipinski definition) is 7. The average Bonchev–Trinajstić information content (AvgIpc) is 3.28. The number of nitrogens with zero attached hydrogens (tertiary/aromatic N) is 4. The van der Waals surface area contributed by atoms with Crippen LogP contribution in [0.1, 0.15) is 31.1 Å². The molecule has 34 heavy (non-hydrogen) atoms. The minimum Gasteiger partial charge on any atom is -0.340 e. The Kier molecular flexibility index (Phi) is 6.51. The van der Waals surface area contributed by atoms with E-state index in [0.717, 1.165) is 17.1 Å². The molecule has 176 valence electrons. The third-order valence-corrected chi connectivity index (χ3v) is 6.29. The van der Waals surface area contributed by atoms with Crippen molar-refractivity contribution in [2.24, 2.45) is 0 Å². The molecule has 10 heteroatoms. The predicted octanol–water partition coefficient (Wildman–Crippen LogP) is 5.16. The number of sulfonamides is 1. The fraction of sp³-hybridized carbons (Fsp3) is 0.208. The lowest BCUT2D eigenvalue weighted by Gasteiger charge is -2.11. The Bertz CT molecular complexity index is 1380. The van der Waals surface area contributed by atoms with E-state index in [4.69, 9.17) is 0 Å². The molecule has 0 bridgehead atoms. The van der Waals surface area contributed by atoms with Gasteiger partial charge in [0.05, 0.1) is 6.33 Å². The van der Waals surface area contributed by atoms with Crippen LogP contribution in [0, 0.1) is 13.8 Å². The molecule has 4 rings (SSSR count). The van der Waals surface area contributed by atoms with Crippen LogP contribution in [0.25, 0.3) is 0 Å². The summed E-state index contributed by atoms with van der Waals surface area (Å²) in [6.07, 6.45) is 3.02. The highest BCUT2D eigenvalue weighted by Crippen LogP contribution is 2.22. The number of hydrogen-bond donors (Lipinski definition) is 3. The highest BCUT2D eigenvalue weighted by Gasteiger charge is 2.18. The van der Waals surface area contributed by atoms with Gasteiger partial charge in [0.2, 0.25) is 5.95 Å². The molecule has 0 amide bonds. The molecule has 9 nitrogen and oxygen atoms in total. The van der Waals surface area contributed by atoms with Gasteiger partial charge in [-0.1, -0.05) is 17.7 Å². The summed E-state index contributed by atoms with van der Waals surface area (Å²) in [6.45, 7) is 7.84. The van der Waals surface area contributed by atoms with Gasteiger partial charge in [-0.3, -0.25) is 4.72 Å². The molecule has 0 saturated carbocycles. The Morgan fingerprint density at radius 2 is 1.47 bits per heavy atom. The molecule has 3 N–H and O–H groups in total. The van der Waals surface area contributed by atoms with E-state index in [2.05, 4.69) is 30.3 Å². The summed E-state index contributed by atoms with van der Waals surface area (Å²) in [7, 11) is -3.78. The molecule has 0 radical (unpaired) electrons. The van der Waals surface area contributed by atoms with Gasteiger partial charge in [0.15, 0.2) is 5.03 Å². The SMILES string of the molecule is Cc1ccc(Nc2cc(C)nc(Nc3ccc(NS(=O)(=O)c4cn(C(C)C)cn4)cc3)n2)cc1. The fourth-order valence-electron chi connectivity index (χ4n) is 3.17. The van der Waals surface area contributed by atoms with Gasteiger partial charge in [-0.2, -0.15) is 13.4 Å². The van der Waals surface area contributed by atoms with Crippen LogP contribution in [0.3, 0.4) is 0 Å². The first-order valence-corrected chi connectivity index (χ1v) is 12.3. The summed E-state index contributed by atoms with van der Waals surface area (Å²) in [5, 5.41) is 6.42. The van der Waals surface area contributed by atoms with Crippen molar-refractivity contribution in [2.75, 3.05) is 15.4 Å². The van der Waals surface area contributed by atoms with Crippen molar-refractivity contribution in [3.8, 4) is 0 Å². The fourth-order valence-corrected chi connectivity index (χ4v) is 4.17. The molecule has 0 saturated heterocycles.